The highest BCUT2D eigenvalue weighted by molar-refractivity contribution is 7.19. The number of benzene rings is 1. The lowest BCUT2D eigenvalue weighted by Crippen LogP contribution is -2.29. The summed E-state index contributed by atoms with van der Waals surface area (Å²) in [6.07, 6.45) is 5.35. The minimum absolute atomic E-state index is 0.437. The van der Waals surface area contributed by atoms with Crippen LogP contribution < -0.4 is 15.5 Å². The molecule has 0 atom stereocenters. The summed E-state index contributed by atoms with van der Waals surface area (Å²) in [5.74, 6) is 0.466. The highest BCUT2D eigenvalue weighted by atomic mass is 32.1. The molecule has 0 aliphatic carbocycles. The molecular weight excluding hydrogens is 382 g/mol. The average molecular weight is 406 g/mol. The molecular formula is C21H23N7S. The maximum absolute atomic E-state index is 9.51. The fourth-order valence-corrected chi connectivity index (χ4v) is 4.41. The third kappa shape index (κ3) is 4.15. The van der Waals surface area contributed by atoms with E-state index in [1.165, 1.54) is 36.3 Å². The second-order valence-electron chi connectivity index (χ2n) is 6.97. The van der Waals surface area contributed by atoms with Crippen molar-refractivity contribution in [2.75, 3.05) is 35.7 Å². The Hall–Kier alpha value is -3.18. The molecule has 0 bridgehead atoms. The summed E-state index contributed by atoms with van der Waals surface area (Å²) in [5.41, 5.74) is 4.02. The van der Waals surface area contributed by atoms with E-state index in [4.69, 9.17) is 0 Å². The minimum Gasteiger partial charge on any atom is -0.371 e. The molecule has 2 aromatic heterocycles. The van der Waals surface area contributed by atoms with Gasteiger partial charge in [-0.2, -0.15) is 5.26 Å². The van der Waals surface area contributed by atoms with Gasteiger partial charge in [0.15, 0.2) is 5.13 Å². The van der Waals surface area contributed by atoms with Crippen LogP contribution in [0.2, 0.25) is 0 Å². The fraction of sp³-hybridized carbons (Fsp3) is 0.333. The Balaban J connectivity index is 1.63. The Labute approximate surface area is 174 Å². The molecule has 1 aliphatic heterocycles. The smallest absolute Gasteiger partial charge is 0.227 e. The summed E-state index contributed by atoms with van der Waals surface area (Å²) in [4.78, 5) is 16.7. The zero-order valence-electron chi connectivity index (χ0n) is 16.6. The zero-order valence-corrected chi connectivity index (χ0v) is 17.4. The Kier molecular flexibility index (Phi) is 5.58. The van der Waals surface area contributed by atoms with Crippen LogP contribution in [0.15, 0.2) is 30.5 Å². The van der Waals surface area contributed by atoms with Crippen LogP contribution in [0.5, 0.6) is 0 Å². The molecule has 1 aliphatic rings. The van der Waals surface area contributed by atoms with E-state index in [1.807, 2.05) is 26.1 Å². The lowest BCUT2D eigenvalue weighted by atomic mass is 10.1. The summed E-state index contributed by atoms with van der Waals surface area (Å²) in [5, 5.41) is 16.6. The normalized spacial score (nSPS) is 13.8. The van der Waals surface area contributed by atoms with Crippen LogP contribution >= 0.6 is 11.3 Å². The van der Waals surface area contributed by atoms with Crippen molar-refractivity contribution in [2.24, 2.45) is 0 Å². The first-order valence-corrected chi connectivity index (χ1v) is 10.5. The van der Waals surface area contributed by atoms with Gasteiger partial charge in [0.2, 0.25) is 5.95 Å². The quantitative estimate of drug-likeness (QED) is 0.643. The van der Waals surface area contributed by atoms with Gasteiger partial charge < -0.3 is 15.5 Å². The van der Waals surface area contributed by atoms with Crippen molar-refractivity contribution < 1.29 is 0 Å². The van der Waals surface area contributed by atoms with Crippen molar-refractivity contribution in [3.8, 4) is 16.6 Å². The number of hydrogen-bond donors (Lipinski definition) is 2. The number of hydrogen-bond acceptors (Lipinski definition) is 8. The van der Waals surface area contributed by atoms with E-state index < -0.39 is 0 Å². The number of rotatable bonds is 5. The maximum atomic E-state index is 9.51. The van der Waals surface area contributed by atoms with Crippen LogP contribution in [0.25, 0.3) is 10.6 Å². The van der Waals surface area contributed by atoms with Gasteiger partial charge in [-0.05, 0) is 44.4 Å². The first kappa shape index (κ1) is 19.2. The molecule has 8 heteroatoms. The van der Waals surface area contributed by atoms with E-state index in [0.29, 0.717) is 17.2 Å². The number of nitrogens with one attached hydrogen (secondary N) is 2. The van der Waals surface area contributed by atoms with Crippen molar-refractivity contribution in [3.63, 3.8) is 0 Å². The summed E-state index contributed by atoms with van der Waals surface area (Å²) in [6, 6.07) is 10.5. The Bertz CT molecular complexity index is 1050. The topological polar surface area (TPSA) is 89.8 Å². The molecule has 1 aromatic carbocycles. The summed E-state index contributed by atoms with van der Waals surface area (Å²) in [6.45, 7) is 4.12. The number of nitrogens with zero attached hydrogens (tertiary/aromatic N) is 5. The van der Waals surface area contributed by atoms with Gasteiger partial charge in [0.1, 0.15) is 11.8 Å². The van der Waals surface area contributed by atoms with Gasteiger partial charge in [0.05, 0.1) is 22.3 Å². The molecule has 2 N–H and O–H groups in total. The molecule has 0 amide bonds. The standard InChI is InChI=1S/C21H23N7S/c1-14-19(29-21(23-2)25-14)18-15(12-22)13-24-20(27-18)26-16-7-6-8-17(11-16)28-9-4-3-5-10-28/h6-8,11,13H,3-5,9-10H2,1-2H3,(H,23,25)(H,24,26,27). The van der Waals surface area contributed by atoms with Gasteiger partial charge >= 0.3 is 0 Å². The second kappa shape index (κ2) is 8.45. The monoisotopic (exact) mass is 405 g/mol. The van der Waals surface area contributed by atoms with Gasteiger partial charge in [-0.3, -0.25) is 0 Å². The Morgan fingerprint density at radius 1 is 1.17 bits per heavy atom. The molecule has 3 aromatic rings. The first-order valence-electron chi connectivity index (χ1n) is 9.72. The summed E-state index contributed by atoms with van der Waals surface area (Å²) >= 11 is 1.48. The van der Waals surface area contributed by atoms with Crippen molar-refractivity contribution in [2.45, 2.75) is 26.2 Å². The molecule has 1 fully saturated rings. The maximum Gasteiger partial charge on any atom is 0.227 e. The molecule has 0 radical (unpaired) electrons. The van der Waals surface area contributed by atoms with E-state index in [0.717, 1.165) is 34.5 Å². The minimum atomic E-state index is 0.437. The van der Waals surface area contributed by atoms with Gasteiger partial charge in [0.25, 0.3) is 0 Å². The molecule has 4 rings (SSSR count). The lowest BCUT2D eigenvalue weighted by molar-refractivity contribution is 0.578. The Morgan fingerprint density at radius 2 is 2.00 bits per heavy atom. The van der Waals surface area contributed by atoms with Crippen molar-refractivity contribution >= 4 is 33.8 Å². The predicted molar refractivity (Wildman–Crippen MR) is 118 cm³/mol. The molecule has 0 spiro atoms. The lowest BCUT2D eigenvalue weighted by Gasteiger charge is -2.29. The number of nitriles is 1. The van der Waals surface area contributed by atoms with E-state index in [1.54, 1.807) is 6.20 Å². The molecule has 1 saturated heterocycles. The molecule has 29 heavy (non-hydrogen) atoms. The van der Waals surface area contributed by atoms with Crippen LogP contribution in [0.4, 0.5) is 22.5 Å². The van der Waals surface area contributed by atoms with Gasteiger partial charge in [-0.1, -0.05) is 17.4 Å². The van der Waals surface area contributed by atoms with Crippen LogP contribution in [-0.2, 0) is 0 Å². The SMILES string of the molecule is CNc1nc(C)c(-c2nc(Nc3cccc(N4CCCCC4)c3)ncc2C#N)s1. The van der Waals surface area contributed by atoms with E-state index in [2.05, 4.69) is 48.7 Å². The van der Waals surface area contributed by atoms with Crippen molar-refractivity contribution in [1.82, 2.24) is 15.0 Å². The molecule has 7 nitrogen and oxygen atoms in total. The number of piperidine rings is 1. The Morgan fingerprint density at radius 3 is 2.72 bits per heavy atom. The third-order valence-electron chi connectivity index (χ3n) is 4.96. The molecule has 3 heterocycles. The van der Waals surface area contributed by atoms with Gasteiger partial charge in [-0.15, -0.1) is 0 Å². The fourth-order valence-electron chi connectivity index (χ4n) is 3.48. The van der Waals surface area contributed by atoms with Gasteiger partial charge in [0, 0.05) is 31.5 Å². The van der Waals surface area contributed by atoms with Gasteiger partial charge in [-0.25, -0.2) is 15.0 Å². The number of aryl methyl sites for hydroxylation is 1. The summed E-state index contributed by atoms with van der Waals surface area (Å²) < 4.78 is 0. The van der Waals surface area contributed by atoms with E-state index in [-0.39, 0.29) is 0 Å². The largest absolute Gasteiger partial charge is 0.371 e. The second-order valence-corrected chi connectivity index (χ2v) is 7.97. The number of thiazole rings is 1. The molecule has 0 saturated carbocycles. The molecule has 148 valence electrons. The van der Waals surface area contributed by atoms with Crippen LogP contribution in [0.3, 0.4) is 0 Å². The third-order valence-corrected chi connectivity index (χ3v) is 6.14. The molecule has 0 unspecified atom stereocenters. The highest BCUT2D eigenvalue weighted by Gasteiger charge is 2.17. The number of anilines is 4. The number of aromatic nitrogens is 3. The van der Waals surface area contributed by atoms with Crippen LogP contribution in [0, 0.1) is 18.3 Å². The van der Waals surface area contributed by atoms with Crippen molar-refractivity contribution in [1.29, 1.82) is 5.26 Å². The summed E-state index contributed by atoms with van der Waals surface area (Å²) in [7, 11) is 1.83. The zero-order chi connectivity index (χ0) is 20.2. The first-order chi connectivity index (χ1) is 14.2. The van der Waals surface area contributed by atoms with E-state index >= 15 is 0 Å². The van der Waals surface area contributed by atoms with Crippen LogP contribution in [0.1, 0.15) is 30.5 Å². The van der Waals surface area contributed by atoms with Crippen LogP contribution in [-0.4, -0.2) is 35.1 Å². The van der Waals surface area contributed by atoms with Crippen molar-refractivity contribution in [3.05, 3.63) is 41.7 Å². The average Bonchev–Trinajstić information content (AvgIpc) is 3.15. The van der Waals surface area contributed by atoms with E-state index in [9.17, 15) is 5.26 Å². The highest BCUT2D eigenvalue weighted by Crippen LogP contribution is 2.34. The predicted octanol–water partition coefficient (Wildman–Crippen LogP) is 4.56.